The Balaban J connectivity index is 2.96. The van der Waals surface area contributed by atoms with E-state index in [2.05, 4.69) is 21.0 Å². The molecule has 0 aliphatic heterocycles. The molecule has 0 fully saturated rings. The molecule has 0 unspecified atom stereocenters. The number of nitrogens with two attached hydrogens (primary N) is 1. The van der Waals surface area contributed by atoms with E-state index in [0.29, 0.717) is 5.39 Å². The average Bonchev–Trinajstić information content (AvgIpc) is 2.22. The maximum Gasteiger partial charge on any atom is 0.231 e. The van der Waals surface area contributed by atoms with Crippen molar-refractivity contribution in [3.05, 3.63) is 32.9 Å². The number of fused-ring (bicyclic) bond motifs is 1. The smallest absolute Gasteiger partial charge is 0.231 e. The van der Waals surface area contributed by atoms with Crippen molar-refractivity contribution in [3.63, 3.8) is 0 Å². The van der Waals surface area contributed by atoms with Crippen molar-refractivity contribution in [2.24, 2.45) is 0 Å². The van der Waals surface area contributed by atoms with Crippen LogP contribution in [0.3, 0.4) is 0 Å². The van der Waals surface area contributed by atoms with Crippen LogP contribution in [0.4, 0.5) is 5.82 Å². The zero-order valence-electron chi connectivity index (χ0n) is 9.07. The van der Waals surface area contributed by atoms with Crippen LogP contribution in [0.15, 0.2) is 27.5 Å². The molecule has 1 aromatic heterocycles. The van der Waals surface area contributed by atoms with Crippen molar-refractivity contribution in [2.45, 2.75) is 19.9 Å². The summed E-state index contributed by atoms with van der Waals surface area (Å²) in [6.45, 7) is 3.99. The second-order valence-electron chi connectivity index (χ2n) is 3.91. The van der Waals surface area contributed by atoms with E-state index in [-0.39, 0.29) is 17.3 Å². The molecule has 2 N–H and O–H groups in total. The molecule has 0 aliphatic rings. The molecule has 2 aromatic rings. The predicted molar refractivity (Wildman–Crippen MR) is 68.5 cm³/mol. The largest absolute Gasteiger partial charge is 0.379 e. The van der Waals surface area contributed by atoms with Crippen LogP contribution in [0, 0.1) is 0 Å². The Morgan fingerprint density at radius 1 is 1.44 bits per heavy atom. The monoisotopic (exact) mass is 281 g/mol. The summed E-state index contributed by atoms with van der Waals surface area (Å²) in [6.07, 6.45) is 0. The number of anilines is 1. The molecule has 84 valence electrons. The zero-order valence-corrected chi connectivity index (χ0v) is 10.7. The van der Waals surface area contributed by atoms with Crippen molar-refractivity contribution in [1.82, 2.24) is 9.78 Å². The predicted octanol–water partition coefficient (Wildman–Crippen LogP) is 2.32. The number of halogens is 1. The first kappa shape index (κ1) is 11.1. The summed E-state index contributed by atoms with van der Waals surface area (Å²) in [6, 6.07) is 5.62. The number of hydrogen-bond donors (Lipinski definition) is 1. The summed E-state index contributed by atoms with van der Waals surface area (Å²) >= 11 is 3.38. The van der Waals surface area contributed by atoms with Crippen LogP contribution >= 0.6 is 15.9 Å². The van der Waals surface area contributed by atoms with Crippen LogP contribution < -0.4 is 11.2 Å². The van der Waals surface area contributed by atoms with E-state index in [9.17, 15) is 4.79 Å². The van der Waals surface area contributed by atoms with Crippen molar-refractivity contribution in [1.29, 1.82) is 0 Å². The van der Waals surface area contributed by atoms with E-state index >= 15 is 0 Å². The third kappa shape index (κ3) is 1.71. The van der Waals surface area contributed by atoms with Gasteiger partial charge in [-0.1, -0.05) is 15.9 Å². The highest BCUT2D eigenvalue weighted by Crippen LogP contribution is 2.19. The molecular formula is C11H12BrN3O. The summed E-state index contributed by atoms with van der Waals surface area (Å²) in [5.74, 6) is 0.0449. The molecule has 0 bridgehead atoms. The Labute approximate surface area is 101 Å². The van der Waals surface area contributed by atoms with Gasteiger partial charge in [0.05, 0.1) is 10.9 Å². The highest BCUT2D eigenvalue weighted by atomic mass is 79.9. The SMILES string of the molecule is CC(C)n1nc(N)c(=O)c2ccc(Br)cc21. The number of hydrogen-bond acceptors (Lipinski definition) is 3. The van der Waals surface area contributed by atoms with E-state index in [1.54, 1.807) is 10.7 Å². The Hall–Kier alpha value is -1.36. The molecular weight excluding hydrogens is 270 g/mol. The Kier molecular flexibility index (Phi) is 2.71. The summed E-state index contributed by atoms with van der Waals surface area (Å²) in [5, 5.41) is 4.70. The quantitative estimate of drug-likeness (QED) is 0.873. The fourth-order valence-electron chi connectivity index (χ4n) is 1.63. The molecule has 0 saturated heterocycles. The second kappa shape index (κ2) is 3.90. The van der Waals surface area contributed by atoms with E-state index < -0.39 is 0 Å². The van der Waals surface area contributed by atoms with Crippen molar-refractivity contribution >= 4 is 32.7 Å². The zero-order chi connectivity index (χ0) is 11.9. The fraction of sp³-hybridized carbons (Fsp3) is 0.273. The molecule has 0 radical (unpaired) electrons. The van der Waals surface area contributed by atoms with Gasteiger partial charge in [0, 0.05) is 10.5 Å². The minimum Gasteiger partial charge on any atom is -0.379 e. The number of nitrogens with zero attached hydrogens (tertiary/aromatic N) is 2. The summed E-state index contributed by atoms with van der Waals surface area (Å²) in [7, 11) is 0. The molecule has 16 heavy (non-hydrogen) atoms. The van der Waals surface area contributed by atoms with Crippen LogP contribution in [0.1, 0.15) is 19.9 Å². The van der Waals surface area contributed by atoms with Crippen molar-refractivity contribution < 1.29 is 0 Å². The minimum atomic E-state index is -0.209. The molecule has 0 spiro atoms. The Bertz CT molecular complexity index is 604. The highest BCUT2D eigenvalue weighted by molar-refractivity contribution is 9.10. The van der Waals surface area contributed by atoms with E-state index in [4.69, 9.17) is 5.73 Å². The molecule has 2 rings (SSSR count). The van der Waals surface area contributed by atoms with Crippen LogP contribution in [-0.4, -0.2) is 9.78 Å². The topological polar surface area (TPSA) is 60.9 Å². The van der Waals surface area contributed by atoms with Gasteiger partial charge in [0.2, 0.25) is 5.43 Å². The molecule has 5 heteroatoms. The van der Waals surface area contributed by atoms with Crippen LogP contribution in [0.2, 0.25) is 0 Å². The maximum absolute atomic E-state index is 11.8. The van der Waals surface area contributed by atoms with Gasteiger partial charge in [-0.2, -0.15) is 5.10 Å². The number of rotatable bonds is 1. The average molecular weight is 282 g/mol. The third-order valence-corrected chi connectivity index (χ3v) is 2.88. The standard InChI is InChI=1S/C11H12BrN3O/c1-6(2)15-9-5-7(12)3-4-8(9)10(16)11(13)14-15/h3-6H,1-2H3,(H2,13,14). The van der Waals surface area contributed by atoms with E-state index in [1.165, 1.54) is 0 Å². The van der Waals surface area contributed by atoms with Gasteiger partial charge >= 0.3 is 0 Å². The Morgan fingerprint density at radius 2 is 2.12 bits per heavy atom. The number of nitrogen functional groups attached to an aromatic ring is 1. The first-order chi connectivity index (χ1) is 7.50. The van der Waals surface area contributed by atoms with Gasteiger partial charge in [-0.15, -0.1) is 0 Å². The highest BCUT2D eigenvalue weighted by Gasteiger charge is 2.10. The van der Waals surface area contributed by atoms with Gasteiger partial charge < -0.3 is 5.73 Å². The lowest BCUT2D eigenvalue weighted by Crippen LogP contribution is -2.19. The van der Waals surface area contributed by atoms with Gasteiger partial charge in [0.15, 0.2) is 5.82 Å². The number of benzene rings is 1. The lowest BCUT2D eigenvalue weighted by molar-refractivity contribution is 0.545. The van der Waals surface area contributed by atoms with Gasteiger partial charge in [-0.25, -0.2) is 0 Å². The second-order valence-corrected chi connectivity index (χ2v) is 4.83. The first-order valence-electron chi connectivity index (χ1n) is 4.98. The van der Waals surface area contributed by atoms with Crippen LogP contribution in [0.25, 0.3) is 10.9 Å². The molecule has 0 aliphatic carbocycles. The molecule has 1 heterocycles. The maximum atomic E-state index is 11.8. The summed E-state index contributed by atoms with van der Waals surface area (Å²) in [4.78, 5) is 11.8. The molecule has 1 aromatic carbocycles. The Morgan fingerprint density at radius 3 is 2.75 bits per heavy atom. The first-order valence-corrected chi connectivity index (χ1v) is 5.77. The fourth-order valence-corrected chi connectivity index (χ4v) is 1.98. The molecule has 4 nitrogen and oxygen atoms in total. The number of aromatic nitrogens is 2. The molecule has 0 amide bonds. The van der Waals surface area contributed by atoms with Gasteiger partial charge in [-0.3, -0.25) is 9.48 Å². The lowest BCUT2D eigenvalue weighted by atomic mass is 10.2. The normalized spacial score (nSPS) is 11.2. The van der Waals surface area contributed by atoms with Crippen LogP contribution in [-0.2, 0) is 0 Å². The molecule has 0 saturated carbocycles. The van der Waals surface area contributed by atoms with Gasteiger partial charge in [-0.05, 0) is 32.0 Å². The van der Waals surface area contributed by atoms with E-state index in [1.807, 2.05) is 26.0 Å². The summed E-state index contributed by atoms with van der Waals surface area (Å²) < 4.78 is 2.68. The summed E-state index contributed by atoms with van der Waals surface area (Å²) in [5.41, 5.74) is 6.19. The lowest BCUT2D eigenvalue weighted by Gasteiger charge is -2.13. The van der Waals surface area contributed by atoms with E-state index in [0.717, 1.165) is 9.99 Å². The molecule has 0 atom stereocenters. The van der Waals surface area contributed by atoms with Crippen molar-refractivity contribution in [3.8, 4) is 0 Å². The van der Waals surface area contributed by atoms with Gasteiger partial charge in [0.25, 0.3) is 0 Å². The van der Waals surface area contributed by atoms with Crippen LogP contribution in [0.5, 0.6) is 0 Å². The minimum absolute atomic E-state index is 0.0449. The van der Waals surface area contributed by atoms with Crippen molar-refractivity contribution in [2.75, 3.05) is 5.73 Å². The van der Waals surface area contributed by atoms with Gasteiger partial charge in [0.1, 0.15) is 0 Å². The third-order valence-electron chi connectivity index (χ3n) is 2.39.